The fraction of sp³-hybridized carbons (Fsp3) is 1.00. The van der Waals surface area contributed by atoms with Crippen molar-refractivity contribution in [3.63, 3.8) is 0 Å². The van der Waals surface area contributed by atoms with E-state index in [0.29, 0.717) is 32.9 Å². The van der Waals surface area contributed by atoms with Crippen LogP contribution in [0.25, 0.3) is 0 Å². The molecule has 2 rings (SSSR count). The predicted molar refractivity (Wildman–Crippen MR) is 64.8 cm³/mol. The third-order valence-corrected chi connectivity index (χ3v) is 3.00. The lowest BCUT2D eigenvalue weighted by Gasteiger charge is -2.32. The van der Waals surface area contributed by atoms with Gasteiger partial charge in [0.1, 0.15) is 0 Å². The summed E-state index contributed by atoms with van der Waals surface area (Å²) < 4.78 is 22.2. The third kappa shape index (κ3) is 3.86. The van der Waals surface area contributed by atoms with Crippen molar-refractivity contribution in [2.24, 2.45) is 11.5 Å². The predicted octanol–water partition coefficient (Wildman–Crippen LogP) is -1.63. The van der Waals surface area contributed by atoms with Gasteiger partial charge in [-0.05, 0) is 19.5 Å². The van der Waals surface area contributed by atoms with Gasteiger partial charge < -0.3 is 35.7 Å². The van der Waals surface area contributed by atoms with Crippen molar-refractivity contribution in [2.75, 3.05) is 39.5 Å². The van der Waals surface area contributed by atoms with Crippen molar-refractivity contribution in [3.05, 3.63) is 0 Å². The van der Waals surface area contributed by atoms with Crippen LogP contribution in [0.4, 0.5) is 0 Å². The molecule has 0 saturated carbocycles. The van der Waals surface area contributed by atoms with Gasteiger partial charge in [0.05, 0.1) is 32.0 Å². The molecule has 106 valence electrons. The summed E-state index contributed by atoms with van der Waals surface area (Å²) in [6, 6.07) is 0.208. The number of nitrogens with two attached hydrogens (primary N) is 2. The van der Waals surface area contributed by atoms with Gasteiger partial charge in [-0.25, -0.2) is 0 Å². The van der Waals surface area contributed by atoms with E-state index in [1.54, 1.807) is 0 Å². The number of hydrogen-bond donors (Lipinski definition) is 3. The summed E-state index contributed by atoms with van der Waals surface area (Å²) in [6.45, 7) is 3.70. The molecule has 0 spiro atoms. The highest BCUT2D eigenvalue weighted by Crippen LogP contribution is 2.19. The number of nitrogens with one attached hydrogen (secondary N) is 1. The molecule has 2 aliphatic heterocycles. The zero-order valence-corrected chi connectivity index (χ0v) is 10.5. The summed E-state index contributed by atoms with van der Waals surface area (Å²) in [5, 5.41) is 3.32. The van der Waals surface area contributed by atoms with Crippen LogP contribution in [0.5, 0.6) is 0 Å². The Morgan fingerprint density at radius 1 is 1.00 bits per heavy atom. The highest BCUT2D eigenvalue weighted by molar-refractivity contribution is 4.74. The van der Waals surface area contributed by atoms with Crippen LogP contribution in [0.15, 0.2) is 0 Å². The Hall–Kier alpha value is -0.280. The lowest BCUT2D eigenvalue weighted by molar-refractivity contribution is -0.279. The first-order chi connectivity index (χ1) is 8.83. The van der Waals surface area contributed by atoms with Crippen LogP contribution in [0.2, 0.25) is 0 Å². The average molecular weight is 261 g/mol. The summed E-state index contributed by atoms with van der Waals surface area (Å²) in [6.07, 6.45) is -0.00675. The molecular formula is C11H23N3O4. The topological polar surface area (TPSA) is 101 Å². The van der Waals surface area contributed by atoms with Crippen LogP contribution in [-0.2, 0) is 18.9 Å². The Balaban J connectivity index is 1.64. The molecule has 18 heavy (non-hydrogen) atoms. The van der Waals surface area contributed by atoms with Gasteiger partial charge in [0, 0.05) is 6.54 Å². The Bertz CT molecular complexity index is 236. The second-order valence-corrected chi connectivity index (χ2v) is 4.52. The van der Waals surface area contributed by atoms with Crippen LogP contribution in [0.3, 0.4) is 0 Å². The second-order valence-electron chi connectivity index (χ2n) is 4.52. The van der Waals surface area contributed by atoms with Gasteiger partial charge in [-0.15, -0.1) is 0 Å². The minimum atomic E-state index is -0.455. The molecule has 7 heteroatoms. The number of ether oxygens (including phenoxy) is 4. The number of hydrogen-bond acceptors (Lipinski definition) is 7. The highest BCUT2D eigenvalue weighted by Gasteiger charge is 2.36. The van der Waals surface area contributed by atoms with E-state index >= 15 is 0 Å². The van der Waals surface area contributed by atoms with E-state index in [9.17, 15) is 0 Å². The van der Waals surface area contributed by atoms with E-state index in [1.807, 2.05) is 0 Å². The molecule has 0 bridgehead atoms. The van der Waals surface area contributed by atoms with Crippen LogP contribution in [-0.4, -0.2) is 64.2 Å². The first kappa shape index (κ1) is 14.1. The molecule has 0 aliphatic carbocycles. The zero-order valence-electron chi connectivity index (χ0n) is 10.5. The summed E-state index contributed by atoms with van der Waals surface area (Å²) in [7, 11) is 0. The van der Waals surface area contributed by atoms with Crippen molar-refractivity contribution in [1.82, 2.24) is 5.32 Å². The van der Waals surface area contributed by atoms with Crippen molar-refractivity contribution >= 4 is 0 Å². The first-order valence-corrected chi connectivity index (χ1v) is 6.47. The molecule has 0 aromatic heterocycles. The van der Waals surface area contributed by atoms with Crippen molar-refractivity contribution in [3.8, 4) is 0 Å². The maximum Gasteiger partial charge on any atom is 0.209 e. The number of rotatable bonds is 6. The van der Waals surface area contributed by atoms with Gasteiger partial charge in [0.25, 0.3) is 0 Å². The normalized spacial score (nSPS) is 37.0. The van der Waals surface area contributed by atoms with Gasteiger partial charge in [0.15, 0.2) is 0 Å². The molecule has 0 amide bonds. The monoisotopic (exact) mass is 261 g/mol. The summed E-state index contributed by atoms with van der Waals surface area (Å²) in [5.74, 6) is 0. The summed E-state index contributed by atoms with van der Waals surface area (Å²) in [5.41, 5.74) is 10.9. The van der Waals surface area contributed by atoms with E-state index in [-0.39, 0.29) is 12.1 Å². The molecule has 0 radical (unpaired) electrons. The van der Waals surface area contributed by atoms with E-state index < -0.39 is 12.6 Å². The van der Waals surface area contributed by atoms with Crippen molar-refractivity contribution in [1.29, 1.82) is 0 Å². The first-order valence-electron chi connectivity index (χ1n) is 6.47. The van der Waals surface area contributed by atoms with E-state index in [0.717, 1.165) is 13.0 Å². The maximum absolute atomic E-state index is 5.59. The molecule has 2 aliphatic rings. The molecule has 2 heterocycles. The quantitative estimate of drug-likeness (QED) is 0.493. The maximum atomic E-state index is 5.59. The van der Waals surface area contributed by atoms with Crippen molar-refractivity contribution in [2.45, 2.75) is 31.1 Å². The molecule has 0 aromatic carbocycles. The molecule has 2 unspecified atom stereocenters. The highest BCUT2D eigenvalue weighted by atomic mass is 16.8. The van der Waals surface area contributed by atoms with Gasteiger partial charge in [-0.3, -0.25) is 0 Å². The zero-order chi connectivity index (χ0) is 12.8. The van der Waals surface area contributed by atoms with E-state index in [4.69, 9.17) is 30.4 Å². The van der Waals surface area contributed by atoms with E-state index in [1.165, 1.54) is 0 Å². The summed E-state index contributed by atoms with van der Waals surface area (Å²) >= 11 is 0. The molecule has 2 saturated heterocycles. The van der Waals surface area contributed by atoms with Gasteiger partial charge in [-0.2, -0.15) is 0 Å². The lowest BCUT2D eigenvalue weighted by atomic mass is 10.3. The molecule has 5 N–H and O–H groups in total. The second kappa shape index (κ2) is 7.34. The Kier molecular flexibility index (Phi) is 5.77. The van der Waals surface area contributed by atoms with Crippen LogP contribution in [0, 0.1) is 0 Å². The molecule has 7 nitrogen and oxygen atoms in total. The molecule has 2 fully saturated rings. The molecular weight excluding hydrogens is 238 g/mol. The van der Waals surface area contributed by atoms with E-state index in [2.05, 4.69) is 5.32 Å². The Labute approximate surface area is 107 Å². The van der Waals surface area contributed by atoms with Gasteiger partial charge in [0.2, 0.25) is 12.6 Å². The fourth-order valence-corrected chi connectivity index (χ4v) is 1.94. The average Bonchev–Trinajstić information content (AvgIpc) is 2.89. The molecule has 0 aromatic rings. The summed E-state index contributed by atoms with van der Waals surface area (Å²) in [4.78, 5) is 0. The van der Waals surface area contributed by atoms with Crippen LogP contribution >= 0.6 is 0 Å². The smallest absolute Gasteiger partial charge is 0.209 e. The Morgan fingerprint density at radius 3 is 2.33 bits per heavy atom. The third-order valence-electron chi connectivity index (χ3n) is 3.00. The Morgan fingerprint density at radius 2 is 1.72 bits per heavy atom. The largest absolute Gasteiger partial charge is 0.346 e. The minimum Gasteiger partial charge on any atom is -0.346 e. The van der Waals surface area contributed by atoms with Gasteiger partial charge in [-0.1, -0.05) is 0 Å². The molecule has 2 atom stereocenters. The standard InChI is InChI=1S/C11H23N3O4/c12-2-1-3-14-8-5-15-10(16-6-8)11-17-7-9(4-13)18-11/h8-11,14H,1-7,12-13H2. The van der Waals surface area contributed by atoms with Crippen LogP contribution in [0.1, 0.15) is 6.42 Å². The minimum absolute atomic E-state index is 0.0531. The lowest BCUT2D eigenvalue weighted by Crippen LogP contribution is -2.48. The van der Waals surface area contributed by atoms with Crippen molar-refractivity contribution < 1.29 is 18.9 Å². The van der Waals surface area contributed by atoms with Gasteiger partial charge >= 0.3 is 0 Å². The van der Waals surface area contributed by atoms with Crippen LogP contribution < -0.4 is 16.8 Å². The fourth-order valence-electron chi connectivity index (χ4n) is 1.94. The SMILES string of the molecule is NCCCNC1COC(C2OCC(CN)O2)OC1.